The molecule has 0 unspecified atom stereocenters. The minimum atomic E-state index is 0.281. The van der Waals surface area contributed by atoms with E-state index in [9.17, 15) is 0 Å². The van der Waals surface area contributed by atoms with Crippen LogP contribution in [0.4, 0.5) is 0 Å². The Balaban J connectivity index is 1.88. The van der Waals surface area contributed by atoms with E-state index in [0.717, 1.165) is 28.0 Å². The van der Waals surface area contributed by atoms with Crippen molar-refractivity contribution in [3.05, 3.63) is 59.2 Å². The third kappa shape index (κ3) is 3.93. The van der Waals surface area contributed by atoms with Crippen molar-refractivity contribution in [2.24, 2.45) is 0 Å². The maximum absolute atomic E-state index is 5.25. The van der Waals surface area contributed by atoms with Gasteiger partial charge in [-0.1, -0.05) is 35.5 Å². The number of aryl methyl sites for hydroxylation is 2. The van der Waals surface area contributed by atoms with Crippen molar-refractivity contribution in [2.45, 2.75) is 44.6 Å². The lowest BCUT2D eigenvalue weighted by molar-refractivity contribution is 0.415. The van der Waals surface area contributed by atoms with E-state index in [1.54, 1.807) is 18.9 Å². The number of benzene rings is 2. The van der Waals surface area contributed by atoms with Crippen LogP contribution in [0.15, 0.2) is 47.6 Å². The van der Waals surface area contributed by atoms with E-state index in [4.69, 9.17) is 4.74 Å². The molecule has 0 saturated carbocycles. The molecule has 4 nitrogen and oxygen atoms in total. The minimum Gasteiger partial charge on any atom is -0.497 e. The van der Waals surface area contributed by atoms with E-state index >= 15 is 0 Å². The van der Waals surface area contributed by atoms with Gasteiger partial charge in [0.2, 0.25) is 0 Å². The maximum Gasteiger partial charge on any atom is 0.192 e. The lowest BCUT2D eigenvalue weighted by atomic mass is 10.1. The molecule has 0 aliphatic heterocycles. The van der Waals surface area contributed by atoms with Crippen LogP contribution in [0, 0.1) is 13.8 Å². The van der Waals surface area contributed by atoms with Gasteiger partial charge in [0.15, 0.2) is 11.0 Å². The molecular formula is C21H25N3OS. The molecule has 5 heteroatoms. The van der Waals surface area contributed by atoms with E-state index in [1.165, 1.54) is 16.7 Å². The largest absolute Gasteiger partial charge is 0.497 e. The smallest absolute Gasteiger partial charge is 0.192 e. The van der Waals surface area contributed by atoms with Crippen LogP contribution in [0.3, 0.4) is 0 Å². The number of methoxy groups -OCH3 is 1. The maximum atomic E-state index is 5.25. The third-order valence-corrected chi connectivity index (χ3v) is 5.38. The third-order valence-electron chi connectivity index (χ3n) is 4.39. The molecule has 0 radical (unpaired) electrons. The lowest BCUT2D eigenvalue weighted by Crippen LogP contribution is -2.05. The van der Waals surface area contributed by atoms with Gasteiger partial charge in [0.05, 0.1) is 7.11 Å². The van der Waals surface area contributed by atoms with Crippen molar-refractivity contribution in [2.75, 3.05) is 7.11 Å². The second kappa shape index (κ2) is 7.96. The van der Waals surface area contributed by atoms with E-state index in [0.29, 0.717) is 0 Å². The highest BCUT2D eigenvalue weighted by atomic mass is 32.2. The van der Waals surface area contributed by atoms with E-state index in [2.05, 4.69) is 60.7 Å². The molecule has 3 aromatic rings. The average molecular weight is 368 g/mol. The first-order chi connectivity index (χ1) is 12.5. The monoisotopic (exact) mass is 367 g/mol. The van der Waals surface area contributed by atoms with Crippen LogP contribution >= 0.6 is 11.8 Å². The van der Waals surface area contributed by atoms with Crippen molar-refractivity contribution in [3.63, 3.8) is 0 Å². The summed E-state index contributed by atoms with van der Waals surface area (Å²) < 4.78 is 7.46. The van der Waals surface area contributed by atoms with Crippen LogP contribution < -0.4 is 4.74 Å². The highest BCUT2D eigenvalue weighted by Gasteiger charge is 2.17. The van der Waals surface area contributed by atoms with Crippen molar-refractivity contribution < 1.29 is 4.74 Å². The molecule has 2 aromatic carbocycles. The average Bonchev–Trinajstić information content (AvgIpc) is 3.07. The minimum absolute atomic E-state index is 0.281. The molecular weight excluding hydrogens is 342 g/mol. The summed E-state index contributed by atoms with van der Waals surface area (Å²) in [7, 11) is 1.67. The number of rotatable bonds is 6. The summed E-state index contributed by atoms with van der Waals surface area (Å²) in [6, 6.07) is 14.8. The summed E-state index contributed by atoms with van der Waals surface area (Å²) in [5.41, 5.74) is 4.99. The summed E-state index contributed by atoms with van der Waals surface area (Å²) in [6.45, 7) is 8.62. The van der Waals surface area contributed by atoms with Crippen LogP contribution in [0.1, 0.15) is 36.6 Å². The first-order valence-electron chi connectivity index (χ1n) is 8.78. The van der Waals surface area contributed by atoms with Gasteiger partial charge in [0.1, 0.15) is 5.75 Å². The van der Waals surface area contributed by atoms with Crippen molar-refractivity contribution in [1.82, 2.24) is 14.8 Å². The fourth-order valence-corrected chi connectivity index (χ4v) is 4.01. The van der Waals surface area contributed by atoms with Gasteiger partial charge in [-0.25, -0.2) is 0 Å². The first-order valence-corrected chi connectivity index (χ1v) is 9.76. The van der Waals surface area contributed by atoms with Gasteiger partial charge in [-0.2, -0.15) is 0 Å². The second-order valence-corrected chi connectivity index (χ2v) is 7.66. The fraction of sp³-hybridized carbons (Fsp3) is 0.333. The van der Waals surface area contributed by atoms with E-state index < -0.39 is 0 Å². The van der Waals surface area contributed by atoms with Crippen LogP contribution in [-0.2, 0) is 5.75 Å². The molecule has 0 saturated heterocycles. The summed E-state index contributed by atoms with van der Waals surface area (Å²) in [4.78, 5) is 0. The van der Waals surface area contributed by atoms with Gasteiger partial charge in [-0.05, 0) is 63.1 Å². The molecule has 0 atom stereocenters. The van der Waals surface area contributed by atoms with Gasteiger partial charge in [-0.15, -0.1) is 10.2 Å². The van der Waals surface area contributed by atoms with Gasteiger partial charge < -0.3 is 4.74 Å². The van der Waals surface area contributed by atoms with E-state index in [-0.39, 0.29) is 6.04 Å². The Morgan fingerprint density at radius 2 is 1.77 bits per heavy atom. The van der Waals surface area contributed by atoms with Gasteiger partial charge in [-0.3, -0.25) is 4.57 Å². The Kier molecular flexibility index (Phi) is 5.67. The summed E-state index contributed by atoms with van der Waals surface area (Å²) in [6.07, 6.45) is 0. The topological polar surface area (TPSA) is 39.9 Å². The number of hydrogen-bond donors (Lipinski definition) is 0. The molecule has 0 fully saturated rings. The van der Waals surface area contributed by atoms with Crippen LogP contribution in [0.2, 0.25) is 0 Å². The van der Waals surface area contributed by atoms with Crippen LogP contribution in [0.5, 0.6) is 5.75 Å². The van der Waals surface area contributed by atoms with Gasteiger partial charge in [0, 0.05) is 17.4 Å². The Morgan fingerprint density at radius 1 is 1.04 bits per heavy atom. The summed E-state index contributed by atoms with van der Waals surface area (Å²) in [5.74, 6) is 2.63. The number of nitrogens with zero attached hydrogens (tertiary/aromatic N) is 3. The fourth-order valence-electron chi connectivity index (χ4n) is 2.88. The van der Waals surface area contributed by atoms with Crippen LogP contribution in [-0.4, -0.2) is 21.9 Å². The molecule has 0 aliphatic rings. The Bertz CT molecular complexity index is 885. The first kappa shape index (κ1) is 18.5. The van der Waals surface area contributed by atoms with Gasteiger partial charge >= 0.3 is 0 Å². The molecule has 3 rings (SSSR count). The predicted octanol–water partition coefficient (Wildman–Crippen LogP) is 5.44. The molecule has 0 aliphatic carbocycles. The molecule has 1 aromatic heterocycles. The normalized spacial score (nSPS) is 11.2. The molecule has 26 heavy (non-hydrogen) atoms. The molecule has 136 valence electrons. The van der Waals surface area contributed by atoms with E-state index in [1.807, 2.05) is 24.3 Å². The molecule has 0 bridgehead atoms. The zero-order valence-electron chi connectivity index (χ0n) is 16.0. The Labute approximate surface area is 159 Å². The number of ether oxygens (including phenoxy) is 1. The number of thioether (sulfide) groups is 1. The zero-order chi connectivity index (χ0) is 18.7. The number of aromatic nitrogens is 3. The summed E-state index contributed by atoms with van der Waals surface area (Å²) >= 11 is 1.74. The Morgan fingerprint density at radius 3 is 2.42 bits per heavy atom. The quantitative estimate of drug-likeness (QED) is 0.544. The highest BCUT2D eigenvalue weighted by Crippen LogP contribution is 2.31. The SMILES string of the molecule is COc1ccc(-c2nnc(SCc3cc(C)ccc3C)n2C(C)C)cc1. The highest BCUT2D eigenvalue weighted by molar-refractivity contribution is 7.98. The molecule has 0 N–H and O–H groups in total. The van der Waals surface area contributed by atoms with Crippen molar-refractivity contribution >= 4 is 11.8 Å². The van der Waals surface area contributed by atoms with Crippen molar-refractivity contribution in [3.8, 4) is 17.1 Å². The van der Waals surface area contributed by atoms with Gasteiger partial charge in [0.25, 0.3) is 0 Å². The molecule has 1 heterocycles. The second-order valence-electron chi connectivity index (χ2n) is 6.72. The predicted molar refractivity (Wildman–Crippen MR) is 108 cm³/mol. The number of hydrogen-bond acceptors (Lipinski definition) is 4. The summed E-state index contributed by atoms with van der Waals surface area (Å²) in [5, 5.41) is 9.89. The zero-order valence-corrected chi connectivity index (χ0v) is 16.8. The standard InChI is InChI=1S/C21H25N3OS/c1-14(2)24-20(17-8-10-19(25-5)11-9-17)22-23-21(24)26-13-18-12-15(3)6-7-16(18)4/h6-12,14H,13H2,1-5H3. The van der Waals surface area contributed by atoms with Crippen LogP contribution in [0.25, 0.3) is 11.4 Å². The Hall–Kier alpha value is -2.27. The molecule has 0 spiro atoms. The molecule has 0 amide bonds. The van der Waals surface area contributed by atoms with Crippen molar-refractivity contribution in [1.29, 1.82) is 0 Å². The lowest BCUT2D eigenvalue weighted by Gasteiger charge is -2.14.